The number of anilines is 2. The molecule has 0 radical (unpaired) electrons. The Morgan fingerprint density at radius 1 is 1.18 bits per heavy atom. The molecule has 1 saturated heterocycles. The van der Waals surface area contributed by atoms with Gasteiger partial charge in [0.1, 0.15) is 23.3 Å². The van der Waals surface area contributed by atoms with Crippen molar-refractivity contribution in [2.45, 2.75) is 32.7 Å². The standard InChI is InChI=1S/C32H30ClFN6O4/c1-6-23(42)38-12-13-39-21(15-38)31(43)37(5)29-28(39)18-14-19(33)26(24-20(34)8-7-9-22(24)41)36-30(18)40(32(29)44)27-17(4)10-11-35-25(27)16(2)3/h6-11,14,16,21,41H,1,12-13,15H2,2-5H3/t21-/m1/s1. The van der Waals surface area contributed by atoms with Gasteiger partial charge in [0.05, 0.1) is 39.9 Å². The predicted octanol–water partition coefficient (Wildman–Crippen LogP) is 4.56. The number of aryl methyl sites for hydroxylation is 1. The molecule has 1 atom stereocenters. The minimum atomic E-state index is -0.774. The summed E-state index contributed by atoms with van der Waals surface area (Å²) in [6, 6.07) is 6.48. The normalized spacial score (nSPS) is 16.4. The topological polar surface area (TPSA) is 112 Å². The Bertz CT molecular complexity index is 1940. The Morgan fingerprint density at radius 2 is 1.93 bits per heavy atom. The van der Waals surface area contributed by atoms with E-state index in [4.69, 9.17) is 16.6 Å². The summed E-state index contributed by atoms with van der Waals surface area (Å²) < 4.78 is 16.6. The van der Waals surface area contributed by atoms with Crippen LogP contribution in [0.4, 0.5) is 15.8 Å². The Hall–Kier alpha value is -4.77. The highest BCUT2D eigenvalue weighted by molar-refractivity contribution is 6.34. The molecule has 4 aromatic rings. The summed E-state index contributed by atoms with van der Waals surface area (Å²) in [5, 5.41) is 11.1. The van der Waals surface area contributed by atoms with Crippen molar-refractivity contribution in [3.8, 4) is 22.7 Å². The zero-order valence-corrected chi connectivity index (χ0v) is 25.4. The molecule has 0 saturated carbocycles. The highest BCUT2D eigenvalue weighted by Gasteiger charge is 2.44. The van der Waals surface area contributed by atoms with Crippen LogP contribution >= 0.6 is 11.6 Å². The number of rotatable bonds is 4. The molecule has 2 amide bonds. The lowest BCUT2D eigenvalue weighted by Crippen LogP contribution is -2.63. The predicted molar refractivity (Wildman–Crippen MR) is 167 cm³/mol. The van der Waals surface area contributed by atoms with Crippen LogP contribution in [0.15, 0.2) is 54.0 Å². The SMILES string of the molecule is C=CC(=O)N1CCN2c3c(c(=O)n(-c4c(C)ccnc4C(C)C)c4nc(-c5c(O)cccc5F)c(Cl)cc34)N(C)C(=O)[C@H]2C1. The molecule has 0 spiro atoms. The average molecular weight is 617 g/mol. The van der Waals surface area contributed by atoms with Crippen molar-refractivity contribution in [3.63, 3.8) is 0 Å². The Labute approximate surface area is 257 Å². The van der Waals surface area contributed by atoms with E-state index in [0.717, 1.165) is 5.56 Å². The number of carbonyl (C=O) groups is 2. The lowest BCUT2D eigenvalue weighted by atomic mass is 9.99. The number of aromatic hydroxyl groups is 1. The molecular formula is C32H30ClFN6O4. The molecule has 1 N–H and O–H groups in total. The van der Waals surface area contributed by atoms with Crippen molar-refractivity contribution >= 4 is 45.8 Å². The van der Waals surface area contributed by atoms with Gasteiger partial charge in [-0.3, -0.25) is 23.9 Å². The molecule has 5 heterocycles. The first-order valence-electron chi connectivity index (χ1n) is 14.1. The number of nitrogens with zero attached hydrogens (tertiary/aromatic N) is 6. The maximum absolute atomic E-state index is 15.1. The highest BCUT2D eigenvalue weighted by Crippen LogP contribution is 2.44. The zero-order chi connectivity index (χ0) is 31.6. The van der Waals surface area contributed by atoms with Crippen LogP contribution in [0.25, 0.3) is 28.0 Å². The third-order valence-corrected chi connectivity index (χ3v) is 8.60. The van der Waals surface area contributed by atoms with Crippen molar-refractivity contribution in [2.24, 2.45) is 0 Å². The third kappa shape index (κ3) is 4.33. The molecule has 2 aliphatic heterocycles. The van der Waals surface area contributed by atoms with Gasteiger partial charge >= 0.3 is 0 Å². The Kier molecular flexibility index (Phi) is 7.16. The minimum absolute atomic E-state index is 0.0360. The average Bonchev–Trinajstić information content (AvgIpc) is 2.99. The first-order valence-corrected chi connectivity index (χ1v) is 14.5. The molecule has 1 fully saturated rings. The van der Waals surface area contributed by atoms with E-state index in [9.17, 15) is 19.5 Å². The summed E-state index contributed by atoms with van der Waals surface area (Å²) in [6.45, 7) is 9.97. The van der Waals surface area contributed by atoms with E-state index in [1.807, 2.05) is 25.7 Å². The fourth-order valence-corrected chi connectivity index (χ4v) is 6.43. The second-order valence-electron chi connectivity index (χ2n) is 11.3. The molecule has 12 heteroatoms. The first kappa shape index (κ1) is 29.3. The van der Waals surface area contributed by atoms with Gasteiger partial charge in [-0.25, -0.2) is 9.37 Å². The lowest BCUT2D eigenvalue weighted by molar-refractivity contribution is -0.128. The van der Waals surface area contributed by atoms with Crippen molar-refractivity contribution in [1.29, 1.82) is 0 Å². The number of aromatic nitrogens is 3. The maximum Gasteiger partial charge on any atom is 0.283 e. The van der Waals surface area contributed by atoms with Crippen LogP contribution in [0.5, 0.6) is 5.75 Å². The van der Waals surface area contributed by atoms with E-state index in [1.54, 1.807) is 23.2 Å². The van der Waals surface area contributed by atoms with Crippen LogP contribution in [0.1, 0.15) is 31.0 Å². The van der Waals surface area contributed by atoms with E-state index in [-0.39, 0.29) is 64.2 Å². The molecule has 0 bridgehead atoms. The van der Waals surface area contributed by atoms with E-state index < -0.39 is 17.4 Å². The molecule has 0 aliphatic carbocycles. The highest BCUT2D eigenvalue weighted by atomic mass is 35.5. The summed E-state index contributed by atoms with van der Waals surface area (Å²) in [5.74, 6) is -1.83. The van der Waals surface area contributed by atoms with Crippen LogP contribution in [0.2, 0.25) is 5.02 Å². The largest absolute Gasteiger partial charge is 0.507 e. The summed E-state index contributed by atoms with van der Waals surface area (Å²) in [7, 11) is 1.53. The molecule has 1 aromatic carbocycles. The summed E-state index contributed by atoms with van der Waals surface area (Å²) in [5.41, 5.74) is 1.78. The van der Waals surface area contributed by atoms with Gasteiger partial charge in [-0.1, -0.05) is 38.1 Å². The number of benzene rings is 1. The molecule has 6 rings (SSSR count). The number of fused-ring (bicyclic) bond motifs is 5. The van der Waals surface area contributed by atoms with Crippen LogP contribution in [-0.2, 0) is 9.59 Å². The quantitative estimate of drug-likeness (QED) is 0.335. The first-order chi connectivity index (χ1) is 21.0. The van der Waals surface area contributed by atoms with Gasteiger partial charge in [-0.2, -0.15) is 0 Å². The summed E-state index contributed by atoms with van der Waals surface area (Å²) >= 11 is 6.80. The molecule has 226 valence electrons. The number of likely N-dealkylation sites (N-methyl/N-ethyl adjacent to an activating group) is 1. The van der Waals surface area contributed by atoms with E-state index in [1.165, 1.54) is 40.8 Å². The fourth-order valence-electron chi connectivity index (χ4n) is 6.19. The van der Waals surface area contributed by atoms with Gasteiger partial charge in [0.25, 0.3) is 11.5 Å². The summed E-state index contributed by atoms with van der Waals surface area (Å²) in [4.78, 5) is 55.0. The summed E-state index contributed by atoms with van der Waals surface area (Å²) in [6.07, 6.45) is 2.87. The minimum Gasteiger partial charge on any atom is -0.507 e. The number of hydrogen-bond donors (Lipinski definition) is 1. The number of pyridine rings is 3. The van der Waals surface area contributed by atoms with Gasteiger partial charge in [-0.15, -0.1) is 0 Å². The molecular weight excluding hydrogens is 587 g/mol. The Morgan fingerprint density at radius 3 is 2.61 bits per heavy atom. The number of phenolic OH excluding ortho intramolecular Hbond substituents is 1. The number of hydrogen-bond acceptors (Lipinski definition) is 7. The van der Waals surface area contributed by atoms with Crippen molar-refractivity contribution in [1.82, 2.24) is 19.4 Å². The molecule has 2 aliphatic rings. The third-order valence-electron chi connectivity index (χ3n) is 8.31. The Balaban J connectivity index is 1.75. The van der Waals surface area contributed by atoms with Crippen LogP contribution in [-0.4, -0.2) is 69.1 Å². The van der Waals surface area contributed by atoms with Gasteiger partial charge in [0.2, 0.25) is 5.91 Å². The number of carbonyl (C=O) groups excluding carboxylic acids is 2. The van der Waals surface area contributed by atoms with Crippen LogP contribution < -0.4 is 15.4 Å². The van der Waals surface area contributed by atoms with Gasteiger partial charge in [0, 0.05) is 31.7 Å². The molecule has 10 nitrogen and oxygen atoms in total. The van der Waals surface area contributed by atoms with Crippen LogP contribution in [0.3, 0.4) is 0 Å². The van der Waals surface area contributed by atoms with Gasteiger partial charge < -0.3 is 19.8 Å². The van der Waals surface area contributed by atoms with Gasteiger partial charge in [-0.05, 0) is 48.7 Å². The van der Waals surface area contributed by atoms with Crippen molar-refractivity contribution in [3.05, 3.63) is 81.6 Å². The maximum atomic E-state index is 15.1. The zero-order valence-electron chi connectivity index (χ0n) is 24.6. The lowest BCUT2D eigenvalue weighted by Gasteiger charge is -2.47. The fraction of sp³-hybridized carbons (Fsp3) is 0.281. The van der Waals surface area contributed by atoms with E-state index in [2.05, 4.69) is 11.6 Å². The number of amides is 2. The molecule has 44 heavy (non-hydrogen) atoms. The van der Waals surface area contributed by atoms with Crippen molar-refractivity contribution in [2.75, 3.05) is 36.5 Å². The smallest absolute Gasteiger partial charge is 0.283 e. The number of phenols is 1. The monoisotopic (exact) mass is 616 g/mol. The second-order valence-corrected chi connectivity index (χ2v) is 11.7. The van der Waals surface area contributed by atoms with E-state index >= 15 is 4.39 Å². The van der Waals surface area contributed by atoms with Gasteiger partial charge in [0.15, 0.2) is 5.65 Å². The second kappa shape index (κ2) is 10.7. The van der Waals surface area contributed by atoms with Crippen molar-refractivity contribution < 1.29 is 19.1 Å². The molecule has 3 aromatic heterocycles. The number of halogens is 2. The van der Waals surface area contributed by atoms with E-state index in [0.29, 0.717) is 29.0 Å². The molecule has 0 unspecified atom stereocenters. The number of piperazine rings is 1. The van der Waals surface area contributed by atoms with Crippen LogP contribution in [0, 0.1) is 12.7 Å².